The Kier molecular flexibility index (Phi) is 7.32. The van der Waals surface area contributed by atoms with Crippen molar-refractivity contribution in [3.8, 4) is 16.9 Å². The summed E-state index contributed by atoms with van der Waals surface area (Å²) in [5.41, 5.74) is 4.75. The lowest BCUT2D eigenvalue weighted by atomic mass is 9.99. The van der Waals surface area contributed by atoms with Gasteiger partial charge in [-0.05, 0) is 46.8 Å². The second-order valence-electron chi connectivity index (χ2n) is 7.90. The number of methoxy groups -OCH3 is 1. The van der Waals surface area contributed by atoms with E-state index in [1.54, 1.807) is 12.1 Å². The number of halogens is 1. The molecule has 178 valence electrons. The highest BCUT2D eigenvalue weighted by Crippen LogP contribution is 2.36. The van der Waals surface area contributed by atoms with Crippen LogP contribution in [0.5, 0.6) is 5.75 Å². The number of nitrogens with zero attached hydrogens (tertiary/aromatic N) is 1. The number of hydrogen-bond acceptors (Lipinski definition) is 5. The first-order valence-corrected chi connectivity index (χ1v) is 11.5. The van der Waals surface area contributed by atoms with Crippen molar-refractivity contribution in [2.45, 2.75) is 19.9 Å². The lowest BCUT2D eigenvalue weighted by Crippen LogP contribution is -2.14. The van der Waals surface area contributed by atoms with Gasteiger partial charge in [0.25, 0.3) is 5.24 Å². The van der Waals surface area contributed by atoms with Crippen LogP contribution in [0, 0.1) is 0 Å². The van der Waals surface area contributed by atoms with Crippen LogP contribution in [0.3, 0.4) is 0 Å². The Morgan fingerprint density at radius 1 is 0.914 bits per heavy atom. The second kappa shape index (κ2) is 10.6. The zero-order valence-corrected chi connectivity index (χ0v) is 20.2. The third kappa shape index (κ3) is 4.84. The first-order valence-electron chi connectivity index (χ1n) is 11.2. The van der Waals surface area contributed by atoms with Gasteiger partial charge >= 0.3 is 5.97 Å². The lowest BCUT2D eigenvalue weighted by molar-refractivity contribution is -0.142. The normalized spacial score (nSPS) is 10.8. The van der Waals surface area contributed by atoms with Crippen LogP contribution < -0.4 is 4.74 Å². The third-order valence-electron chi connectivity index (χ3n) is 5.90. The number of fused-ring (bicyclic) bond motifs is 1. The Balaban J connectivity index is 1.92. The smallest absolute Gasteiger partial charge is 0.343 e. The van der Waals surface area contributed by atoms with Crippen molar-refractivity contribution < 1.29 is 23.9 Å². The third-order valence-corrected chi connectivity index (χ3v) is 6.08. The lowest BCUT2D eigenvalue weighted by Gasteiger charge is -2.15. The summed E-state index contributed by atoms with van der Waals surface area (Å²) in [6, 6.07) is 23.4. The molecule has 0 unspecified atom stereocenters. The van der Waals surface area contributed by atoms with Crippen LogP contribution in [0.25, 0.3) is 22.0 Å². The van der Waals surface area contributed by atoms with Crippen molar-refractivity contribution >= 4 is 39.5 Å². The molecule has 0 fully saturated rings. The monoisotopic (exact) mass is 489 g/mol. The van der Waals surface area contributed by atoms with Crippen molar-refractivity contribution in [2.24, 2.45) is 0 Å². The van der Waals surface area contributed by atoms with E-state index in [1.165, 1.54) is 7.11 Å². The molecule has 1 aromatic heterocycles. The minimum absolute atomic E-state index is 0.195. The average molecular weight is 490 g/mol. The maximum atomic E-state index is 13.0. The average Bonchev–Trinajstić information content (AvgIpc) is 3.21. The molecule has 7 heteroatoms. The van der Waals surface area contributed by atoms with E-state index in [4.69, 9.17) is 16.3 Å². The molecule has 4 aromatic rings. The predicted molar refractivity (Wildman–Crippen MR) is 135 cm³/mol. The van der Waals surface area contributed by atoms with E-state index in [0.29, 0.717) is 35.3 Å². The van der Waals surface area contributed by atoms with E-state index in [9.17, 15) is 14.4 Å². The molecule has 3 aromatic carbocycles. The van der Waals surface area contributed by atoms with Crippen molar-refractivity contribution in [1.82, 2.24) is 4.57 Å². The van der Waals surface area contributed by atoms with E-state index in [-0.39, 0.29) is 12.2 Å². The number of ketones is 1. The van der Waals surface area contributed by atoms with Gasteiger partial charge in [0, 0.05) is 12.2 Å². The van der Waals surface area contributed by atoms with E-state index < -0.39 is 17.0 Å². The number of benzene rings is 3. The van der Waals surface area contributed by atoms with Crippen LogP contribution in [-0.4, -0.2) is 35.3 Å². The number of hydrogen-bond donors (Lipinski definition) is 0. The Morgan fingerprint density at radius 2 is 1.63 bits per heavy atom. The van der Waals surface area contributed by atoms with Gasteiger partial charge < -0.3 is 14.0 Å². The molecule has 0 radical (unpaired) electrons. The quantitative estimate of drug-likeness (QED) is 0.136. The topological polar surface area (TPSA) is 74.6 Å². The Bertz CT molecular complexity index is 1410. The zero-order valence-electron chi connectivity index (χ0n) is 19.4. The summed E-state index contributed by atoms with van der Waals surface area (Å²) in [5.74, 6) is -1.06. The van der Waals surface area contributed by atoms with E-state index in [0.717, 1.165) is 16.7 Å². The van der Waals surface area contributed by atoms with Gasteiger partial charge in [0.15, 0.2) is 6.61 Å². The van der Waals surface area contributed by atoms with Gasteiger partial charge in [0.1, 0.15) is 5.75 Å². The molecule has 0 spiro atoms. The number of carbonyl (C=O) groups excluding carboxylic acids is 3. The summed E-state index contributed by atoms with van der Waals surface area (Å²) in [5, 5.41) is -0.629. The van der Waals surface area contributed by atoms with Crippen LogP contribution in [0.15, 0.2) is 72.8 Å². The maximum absolute atomic E-state index is 13.0. The zero-order chi connectivity index (χ0) is 24.9. The molecule has 0 aliphatic rings. The first kappa shape index (κ1) is 24.2. The minimum atomic E-state index is -1.08. The van der Waals surface area contributed by atoms with Gasteiger partial charge in [0.05, 0.1) is 23.6 Å². The van der Waals surface area contributed by atoms with Crippen LogP contribution in [0.1, 0.15) is 28.5 Å². The summed E-state index contributed by atoms with van der Waals surface area (Å²) in [6.07, 6.45) is 0.476. The van der Waals surface area contributed by atoms with Gasteiger partial charge in [-0.15, -0.1) is 0 Å². The highest BCUT2D eigenvalue weighted by atomic mass is 35.5. The number of ether oxygens (including phenoxy) is 2. The summed E-state index contributed by atoms with van der Waals surface area (Å²) < 4.78 is 12.4. The Labute approximate surface area is 208 Å². The highest BCUT2D eigenvalue weighted by molar-refractivity contribution is 6.83. The van der Waals surface area contributed by atoms with Gasteiger partial charge in [-0.3, -0.25) is 9.59 Å². The van der Waals surface area contributed by atoms with Crippen LogP contribution in [0.2, 0.25) is 0 Å². The summed E-state index contributed by atoms with van der Waals surface area (Å²) in [4.78, 5) is 36.7. The molecule has 0 saturated heterocycles. The molecule has 1 heterocycles. The molecule has 4 rings (SSSR count). The van der Waals surface area contributed by atoms with E-state index >= 15 is 0 Å². The number of aromatic nitrogens is 1. The predicted octanol–water partition coefficient (Wildman–Crippen LogP) is 5.42. The molecule has 0 bridgehead atoms. The summed E-state index contributed by atoms with van der Waals surface area (Å²) in [7, 11) is 1.27. The molecule has 0 N–H and O–H groups in total. The Morgan fingerprint density at radius 3 is 2.31 bits per heavy atom. The molecule has 0 aliphatic heterocycles. The molecule has 0 aliphatic carbocycles. The van der Waals surface area contributed by atoms with Crippen molar-refractivity contribution in [3.05, 3.63) is 89.6 Å². The highest BCUT2D eigenvalue weighted by Gasteiger charge is 2.28. The van der Waals surface area contributed by atoms with Crippen LogP contribution >= 0.6 is 11.6 Å². The first-order chi connectivity index (χ1) is 17.0. The summed E-state index contributed by atoms with van der Waals surface area (Å²) >= 11 is 5.66. The number of carbonyl (C=O) groups is 3. The molecule has 0 atom stereocenters. The van der Waals surface area contributed by atoms with Crippen LogP contribution in [0.4, 0.5) is 0 Å². The fraction of sp³-hybridized carbons (Fsp3) is 0.179. The number of Topliss-reactive ketones (excluding diaryl/α,β-unsaturated/α-hetero) is 1. The van der Waals surface area contributed by atoms with Gasteiger partial charge in [-0.25, -0.2) is 4.79 Å². The standard InChI is InChI=1S/C28H24ClNO5/c1-3-21-26(27(32)28(29)33)25-22(14-9-15-23(25)35-17-24(31)34-2)30(21)16-19-12-7-8-13-20(19)18-10-5-4-6-11-18/h4-15H,3,16-17H2,1-2H3. The molecular formula is C28H24ClNO5. The van der Waals surface area contributed by atoms with Crippen molar-refractivity contribution in [3.63, 3.8) is 0 Å². The SMILES string of the molecule is CCc1c(C(=O)C(=O)Cl)c2c(OCC(=O)OC)cccc2n1Cc1ccccc1-c1ccccc1. The van der Waals surface area contributed by atoms with Crippen molar-refractivity contribution in [1.29, 1.82) is 0 Å². The molecular weight excluding hydrogens is 466 g/mol. The van der Waals surface area contributed by atoms with Gasteiger partial charge in [0.2, 0.25) is 5.78 Å². The fourth-order valence-corrected chi connectivity index (χ4v) is 4.45. The van der Waals surface area contributed by atoms with Gasteiger partial charge in [-0.2, -0.15) is 0 Å². The molecule has 0 amide bonds. The maximum Gasteiger partial charge on any atom is 0.343 e. The van der Waals surface area contributed by atoms with Gasteiger partial charge in [-0.1, -0.05) is 67.6 Å². The Hall–Kier alpha value is -3.90. The number of esters is 1. The molecule has 0 saturated carbocycles. The van der Waals surface area contributed by atoms with Crippen molar-refractivity contribution in [2.75, 3.05) is 13.7 Å². The van der Waals surface area contributed by atoms with E-state index in [2.05, 4.69) is 10.8 Å². The van der Waals surface area contributed by atoms with E-state index in [1.807, 2.05) is 66.1 Å². The van der Waals surface area contributed by atoms with Crippen LogP contribution in [-0.2, 0) is 27.3 Å². The largest absolute Gasteiger partial charge is 0.481 e. The number of rotatable bonds is 9. The minimum Gasteiger partial charge on any atom is -0.481 e. The second-order valence-corrected chi connectivity index (χ2v) is 8.25. The molecule has 6 nitrogen and oxygen atoms in total. The fourth-order valence-electron chi connectivity index (χ4n) is 4.36. The molecule has 35 heavy (non-hydrogen) atoms. The summed E-state index contributed by atoms with van der Waals surface area (Å²) in [6.45, 7) is 2.04.